The van der Waals surface area contributed by atoms with Gasteiger partial charge in [-0.25, -0.2) is 4.98 Å². The van der Waals surface area contributed by atoms with Crippen molar-refractivity contribution in [2.24, 2.45) is 7.05 Å². The number of rotatable bonds is 4. The molecule has 0 unspecified atom stereocenters. The zero-order valence-corrected chi connectivity index (χ0v) is 10.9. The highest BCUT2D eigenvalue weighted by Gasteiger charge is 2.02. The Morgan fingerprint density at radius 3 is 2.95 bits per heavy atom. The fourth-order valence-electron chi connectivity index (χ4n) is 2.22. The predicted octanol–water partition coefficient (Wildman–Crippen LogP) is 2.26. The number of pyridine rings is 1. The summed E-state index contributed by atoms with van der Waals surface area (Å²) in [6, 6.07) is 8.37. The van der Waals surface area contributed by atoms with Crippen LogP contribution in [0.1, 0.15) is 11.4 Å². The van der Waals surface area contributed by atoms with Crippen LogP contribution in [0, 0.1) is 0 Å². The SMILES string of the molecule is Cn1ccnc1CNCc1cccc2cnccc12. The highest BCUT2D eigenvalue weighted by atomic mass is 15.1. The average molecular weight is 252 g/mol. The molecule has 4 heteroatoms. The number of nitrogens with one attached hydrogen (secondary N) is 1. The maximum Gasteiger partial charge on any atom is 0.122 e. The molecule has 0 spiro atoms. The Labute approximate surface area is 112 Å². The van der Waals surface area contributed by atoms with Gasteiger partial charge in [-0.3, -0.25) is 4.98 Å². The fraction of sp³-hybridized carbons (Fsp3) is 0.200. The third-order valence-corrected chi connectivity index (χ3v) is 3.29. The van der Waals surface area contributed by atoms with Gasteiger partial charge in [0.2, 0.25) is 0 Å². The normalized spacial score (nSPS) is 11.0. The molecule has 0 saturated carbocycles. The average Bonchev–Trinajstić information content (AvgIpc) is 2.85. The summed E-state index contributed by atoms with van der Waals surface area (Å²) in [7, 11) is 2.01. The van der Waals surface area contributed by atoms with E-state index in [4.69, 9.17) is 0 Å². The second-order valence-electron chi connectivity index (χ2n) is 4.57. The largest absolute Gasteiger partial charge is 0.337 e. The van der Waals surface area contributed by atoms with E-state index < -0.39 is 0 Å². The van der Waals surface area contributed by atoms with Crippen LogP contribution in [-0.2, 0) is 20.1 Å². The highest BCUT2D eigenvalue weighted by molar-refractivity contribution is 5.84. The molecule has 1 aromatic carbocycles. The lowest BCUT2D eigenvalue weighted by Gasteiger charge is -2.08. The Balaban J connectivity index is 1.74. The van der Waals surface area contributed by atoms with Crippen LogP contribution in [0.5, 0.6) is 0 Å². The van der Waals surface area contributed by atoms with Crippen LogP contribution in [0.2, 0.25) is 0 Å². The molecule has 0 bridgehead atoms. The minimum absolute atomic E-state index is 0.769. The first-order valence-corrected chi connectivity index (χ1v) is 6.33. The first-order chi connectivity index (χ1) is 9.34. The molecule has 0 fully saturated rings. The Morgan fingerprint density at radius 1 is 1.16 bits per heavy atom. The summed E-state index contributed by atoms with van der Waals surface area (Å²) in [6.45, 7) is 1.60. The lowest BCUT2D eigenvalue weighted by atomic mass is 10.1. The van der Waals surface area contributed by atoms with Crippen LogP contribution in [0.15, 0.2) is 49.1 Å². The molecule has 0 aliphatic rings. The third-order valence-electron chi connectivity index (χ3n) is 3.29. The quantitative estimate of drug-likeness (QED) is 0.774. The number of fused-ring (bicyclic) bond motifs is 1. The third kappa shape index (κ3) is 2.48. The molecule has 2 heterocycles. The van der Waals surface area contributed by atoms with E-state index in [-0.39, 0.29) is 0 Å². The maximum absolute atomic E-state index is 4.30. The second-order valence-corrected chi connectivity index (χ2v) is 4.57. The number of imidazole rings is 1. The van der Waals surface area contributed by atoms with Gasteiger partial charge < -0.3 is 9.88 Å². The van der Waals surface area contributed by atoms with Crippen molar-refractivity contribution in [3.05, 3.63) is 60.4 Å². The molecule has 1 N–H and O–H groups in total. The molecule has 96 valence electrons. The van der Waals surface area contributed by atoms with Crippen LogP contribution in [0.4, 0.5) is 0 Å². The van der Waals surface area contributed by atoms with Crippen LogP contribution in [0.3, 0.4) is 0 Å². The van der Waals surface area contributed by atoms with Gasteiger partial charge in [0.05, 0.1) is 6.54 Å². The van der Waals surface area contributed by atoms with Gasteiger partial charge in [0.1, 0.15) is 5.82 Å². The molecule has 4 nitrogen and oxygen atoms in total. The van der Waals surface area contributed by atoms with E-state index in [0.717, 1.165) is 18.9 Å². The molecular formula is C15H16N4. The van der Waals surface area contributed by atoms with Crippen molar-refractivity contribution < 1.29 is 0 Å². The van der Waals surface area contributed by atoms with Gasteiger partial charge >= 0.3 is 0 Å². The number of benzene rings is 1. The lowest BCUT2D eigenvalue weighted by Crippen LogP contribution is -2.15. The van der Waals surface area contributed by atoms with Gasteiger partial charge in [0, 0.05) is 43.8 Å². The van der Waals surface area contributed by atoms with Crippen molar-refractivity contribution in [2.75, 3.05) is 0 Å². The van der Waals surface area contributed by atoms with Gasteiger partial charge in [-0.05, 0) is 17.0 Å². The Kier molecular flexibility index (Phi) is 3.25. The fourth-order valence-corrected chi connectivity index (χ4v) is 2.22. The second kappa shape index (κ2) is 5.20. The molecule has 19 heavy (non-hydrogen) atoms. The van der Waals surface area contributed by atoms with Crippen LogP contribution < -0.4 is 5.32 Å². The first kappa shape index (κ1) is 11.9. The van der Waals surface area contributed by atoms with Gasteiger partial charge in [-0.2, -0.15) is 0 Å². The van der Waals surface area contributed by atoms with E-state index >= 15 is 0 Å². The Morgan fingerprint density at radius 2 is 2.11 bits per heavy atom. The number of hydrogen-bond acceptors (Lipinski definition) is 3. The summed E-state index contributed by atoms with van der Waals surface area (Å²) in [5, 5.41) is 5.87. The van der Waals surface area contributed by atoms with Crippen LogP contribution in [0.25, 0.3) is 10.8 Å². The number of hydrogen-bond donors (Lipinski definition) is 1. The molecule has 0 amide bonds. The van der Waals surface area contributed by atoms with E-state index in [1.165, 1.54) is 16.3 Å². The van der Waals surface area contributed by atoms with Gasteiger partial charge in [0.25, 0.3) is 0 Å². The summed E-state index contributed by atoms with van der Waals surface area (Å²) >= 11 is 0. The minimum atomic E-state index is 0.769. The van der Waals surface area contributed by atoms with Gasteiger partial charge in [-0.15, -0.1) is 0 Å². The summed E-state index contributed by atoms with van der Waals surface area (Å²) in [6.07, 6.45) is 7.52. The monoisotopic (exact) mass is 252 g/mol. The van der Waals surface area contributed by atoms with Crippen molar-refractivity contribution in [1.29, 1.82) is 0 Å². The number of aromatic nitrogens is 3. The van der Waals surface area contributed by atoms with Gasteiger partial charge in [-0.1, -0.05) is 18.2 Å². The standard InChI is InChI=1S/C15H16N4/c1-19-8-7-18-15(19)11-17-10-13-4-2-3-12-9-16-6-5-14(12)13/h2-9,17H,10-11H2,1H3. The summed E-state index contributed by atoms with van der Waals surface area (Å²) < 4.78 is 2.03. The highest BCUT2D eigenvalue weighted by Crippen LogP contribution is 2.17. The Bertz CT molecular complexity index is 682. The van der Waals surface area contributed by atoms with Gasteiger partial charge in [0.15, 0.2) is 0 Å². The number of nitrogens with zero attached hydrogens (tertiary/aromatic N) is 3. The Hall–Kier alpha value is -2.20. The van der Waals surface area contributed by atoms with E-state index in [1.807, 2.05) is 36.4 Å². The lowest BCUT2D eigenvalue weighted by molar-refractivity contribution is 0.641. The molecule has 0 saturated heterocycles. The van der Waals surface area contributed by atoms with Crippen molar-refractivity contribution in [2.45, 2.75) is 13.1 Å². The van der Waals surface area contributed by atoms with E-state index in [2.05, 4.69) is 39.6 Å². The van der Waals surface area contributed by atoms with Crippen LogP contribution >= 0.6 is 0 Å². The van der Waals surface area contributed by atoms with Crippen LogP contribution in [-0.4, -0.2) is 14.5 Å². The van der Waals surface area contributed by atoms with Crippen molar-refractivity contribution in [1.82, 2.24) is 19.9 Å². The smallest absolute Gasteiger partial charge is 0.122 e. The summed E-state index contributed by atoms with van der Waals surface area (Å²) in [5.41, 5.74) is 1.29. The molecule has 0 aliphatic carbocycles. The zero-order chi connectivity index (χ0) is 13.1. The summed E-state index contributed by atoms with van der Waals surface area (Å²) in [5.74, 6) is 1.04. The van der Waals surface area contributed by atoms with E-state index in [1.54, 1.807) is 0 Å². The number of aryl methyl sites for hydroxylation is 1. The molecule has 0 aliphatic heterocycles. The van der Waals surface area contributed by atoms with E-state index in [9.17, 15) is 0 Å². The maximum atomic E-state index is 4.30. The minimum Gasteiger partial charge on any atom is -0.337 e. The zero-order valence-electron chi connectivity index (χ0n) is 10.9. The topological polar surface area (TPSA) is 42.7 Å². The predicted molar refractivity (Wildman–Crippen MR) is 75.5 cm³/mol. The first-order valence-electron chi connectivity index (χ1n) is 6.33. The van der Waals surface area contributed by atoms with E-state index in [0.29, 0.717) is 0 Å². The van der Waals surface area contributed by atoms with Crippen molar-refractivity contribution in [3.8, 4) is 0 Å². The summed E-state index contributed by atoms with van der Waals surface area (Å²) in [4.78, 5) is 8.45. The molecule has 3 aromatic rings. The molecule has 2 aromatic heterocycles. The molecule has 3 rings (SSSR count). The molecule has 0 radical (unpaired) electrons. The molecular weight excluding hydrogens is 236 g/mol. The van der Waals surface area contributed by atoms with Crippen molar-refractivity contribution in [3.63, 3.8) is 0 Å². The van der Waals surface area contributed by atoms with Crippen molar-refractivity contribution >= 4 is 10.8 Å². The molecule has 0 atom stereocenters.